The first-order chi connectivity index (χ1) is 18.8. The number of methoxy groups -OCH3 is 2. The van der Waals surface area contributed by atoms with Gasteiger partial charge in [0.2, 0.25) is 9.84 Å². The van der Waals surface area contributed by atoms with Gasteiger partial charge in [0.15, 0.2) is 22.5 Å². The molecule has 0 aliphatic rings. The van der Waals surface area contributed by atoms with Crippen LogP contribution in [-0.2, 0) is 9.84 Å². The van der Waals surface area contributed by atoms with E-state index >= 15 is 0 Å². The van der Waals surface area contributed by atoms with E-state index in [4.69, 9.17) is 19.8 Å². The van der Waals surface area contributed by atoms with E-state index in [1.165, 1.54) is 35.0 Å². The molecule has 0 bridgehead atoms. The first-order valence-corrected chi connectivity index (χ1v) is 13.4. The van der Waals surface area contributed by atoms with Gasteiger partial charge < -0.3 is 9.47 Å². The van der Waals surface area contributed by atoms with Gasteiger partial charge in [-0.25, -0.2) is 22.6 Å². The van der Waals surface area contributed by atoms with Crippen LogP contribution in [0.5, 0.6) is 11.5 Å². The third-order valence-corrected chi connectivity index (χ3v) is 8.25. The summed E-state index contributed by atoms with van der Waals surface area (Å²) in [5.74, 6) is 1.19. The topological polar surface area (TPSA) is 124 Å². The fraction of sp³-hybridized carbons (Fsp3) is 0.143. The maximum atomic E-state index is 13.4. The zero-order chi connectivity index (χ0) is 27.7. The second kappa shape index (κ2) is 10.1. The fourth-order valence-electron chi connectivity index (χ4n) is 4.33. The van der Waals surface area contributed by atoms with Gasteiger partial charge in [0.1, 0.15) is 11.4 Å². The number of ether oxygens (including phenoxy) is 2. The zero-order valence-corrected chi connectivity index (χ0v) is 22.3. The van der Waals surface area contributed by atoms with E-state index in [1.54, 1.807) is 31.0 Å². The molecule has 0 amide bonds. The smallest absolute Gasteiger partial charge is 0.205 e. The van der Waals surface area contributed by atoms with Crippen molar-refractivity contribution in [3.63, 3.8) is 0 Å². The summed E-state index contributed by atoms with van der Waals surface area (Å²) in [6, 6.07) is 18.7. The van der Waals surface area contributed by atoms with Crippen LogP contribution in [-0.4, -0.2) is 47.0 Å². The Labute approximate surface area is 225 Å². The minimum absolute atomic E-state index is 0.0654. The van der Waals surface area contributed by atoms with Crippen LogP contribution in [0.4, 0.5) is 0 Å². The SMILES string of the molecule is C=CC(n1ccc(-c2c(C)nc3ccc(-c4ccc(OC)c(OC)c4)nn23)n1)S(=O)(=O)c1ccc(C#N)cc1. The van der Waals surface area contributed by atoms with Crippen LogP contribution in [0.25, 0.3) is 28.3 Å². The third kappa shape index (κ3) is 4.51. The largest absolute Gasteiger partial charge is 0.493 e. The van der Waals surface area contributed by atoms with Crippen LogP contribution in [0.15, 0.2) is 84.4 Å². The summed E-state index contributed by atoms with van der Waals surface area (Å²) in [4.78, 5) is 4.68. The third-order valence-electron chi connectivity index (χ3n) is 6.27. The standard InChI is InChI=1S/C28H24N6O4S/c1-5-27(39(35,36)21-9-6-19(17-29)7-10-21)33-15-14-23(31-33)28-18(2)30-26-13-11-22(32-34(26)28)20-8-12-24(37-3)25(16-20)38-4/h5-16,27H,1H2,2-4H3. The molecule has 0 N–H and O–H groups in total. The van der Waals surface area contributed by atoms with E-state index < -0.39 is 15.2 Å². The summed E-state index contributed by atoms with van der Waals surface area (Å²) in [7, 11) is -0.729. The van der Waals surface area contributed by atoms with Crippen LogP contribution in [0.3, 0.4) is 0 Å². The van der Waals surface area contributed by atoms with Crippen LogP contribution >= 0.6 is 0 Å². The van der Waals surface area contributed by atoms with E-state index in [-0.39, 0.29) is 4.90 Å². The first kappa shape index (κ1) is 25.7. The Hall–Kier alpha value is -4.95. The molecular formula is C28H24N6O4S. The molecule has 11 heteroatoms. The molecule has 0 saturated carbocycles. The molecule has 5 rings (SSSR count). The van der Waals surface area contributed by atoms with Gasteiger partial charge in [-0.2, -0.15) is 15.5 Å². The molecule has 3 heterocycles. The fourth-order valence-corrected chi connectivity index (χ4v) is 5.78. The summed E-state index contributed by atoms with van der Waals surface area (Å²) in [6.07, 6.45) is 2.90. The van der Waals surface area contributed by atoms with E-state index in [0.29, 0.717) is 45.5 Å². The Balaban J connectivity index is 1.55. The highest BCUT2D eigenvalue weighted by molar-refractivity contribution is 7.91. The molecule has 2 aromatic carbocycles. The van der Waals surface area contributed by atoms with Crippen molar-refractivity contribution in [1.82, 2.24) is 24.4 Å². The van der Waals surface area contributed by atoms with E-state index in [9.17, 15) is 8.42 Å². The summed E-state index contributed by atoms with van der Waals surface area (Å²) < 4.78 is 40.5. The second-order valence-electron chi connectivity index (χ2n) is 8.59. The lowest BCUT2D eigenvalue weighted by Crippen LogP contribution is -2.19. The Bertz CT molecular complexity index is 1850. The van der Waals surface area contributed by atoms with Crippen LogP contribution < -0.4 is 9.47 Å². The molecule has 1 atom stereocenters. The van der Waals surface area contributed by atoms with Gasteiger partial charge in [-0.05, 0) is 67.6 Å². The number of aromatic nitrogens is 5. The molecule has 3 aromatic heterocycles. The number of sulfone groups is 1. The monoisotopic (exact) mass is 540 g/mol. The van der Waals surface area contributed by atoms with Gasteiger partial charge in [0.05, 0.1) is 42.1 Å². The second-order valence-corrected chi connectivity index (χ2v) is 10.6. The van der Waals surface area contributed by atoms with Gasteiger partial charge >= 0.3 is 0 Å². The van der Waals surface area contributed by atoms with Gasteiger partial charge in [-0.15, -0.1) is 0 Å². The number of rotatable bonds is 8. The average Bonchev–Trinajstić information content (AvgIpc) is 3.55. The van der Waals surface area contributed by atoms with Crippen LogP contribution in [0.1, 0.15) is 16.6 Å². The number of hydrogen-bond acceptors (Lipinski definition) is 8. The molecule has 196 valence electrons. The number of nitrogens with zero attached hydrogens (tertiary/aromatic N) is 6. The molecule has 0 saturated heterocycles. The summed E-state index contributed by atoms with van der Waals surface area (Å²) in [5, 5.41) is 17.3. The van der Waals surface area contributed by atoms with Crippen molar-refractivity contribution >= 4 is 15.5 Å². The molecule has 39 heavy (non-hydrogen) atoms. The number of benzene rings is 2. The van der Waals surface area contributed by atoms with E-state index in [2.05, 4.69) is 16.7 Å². The molecule has 0 radical (unpaired) electrons. The molecule has 10 nitrogen and oxygen atoms in total. The molecule has 0 spiro atoms. The van der Waals surface area contributed by atoms with Crippen molar-refractivity contribution in [3.8, 4) is 40.2 Å². The highest BCUT2D eigenvalue weighted by atomic mass is 32.2. The molecule has 0 fully saturated rings. The number of nitriles is 1. The van der Waals surface area contributed by atoms with E-state index in [0.717, 1.165) is 5.56 Å². The Morgan fingerprint density at radius 2 is 1.72 bits per heavy atom. The van der Waals surface area contributed by atoms with Gasteiger partial charge in [0.25, 0.3) is 0 Å². The van der Waals surface area contributed by atoms with Gasteiger partial charge in [0, 0.05) is 11.8 Å². The molecule has 1 unspecified atom stereocenters. The molecule has 0 aliphatic carbocycles. The van der Waals surface area contributed by atoms with Crippen LogP contribution in [0, 0.1) is 18.3 Å². The Morgan fingerprint density at radius 1 is 0.974 bits per heavy atom. The minimum Gasteiger partial charge on any atom is -0.493 e. The molecular weight excluding hydrogens is 516 g/mol. The summed E-state index contributed by atoms with van der Waals surface area (Å²) in [5.41, 5.74) is 4.29. The van der Waals surface area contributed by atoms with Crippen molar-refractivity contribution in [3.05, 3.63) is 90.8 Å². The van der Waals surface area contributed by atoms with Gasteiger partial charge in [-0.1, -0.05) is 12.7 Å². The Morgan fingerprint density at radius 3 is 2.38 bits per heavy atom. The number of imidazole rings is 1. The molecule has 5 aromatic rings. The minimum atomic E-state index is -3.88. The average molecular weight is 541 g/mol. The van der Waals surface area contributed by atoms with Crippen molar-refractivity contribution in [2.45, 2.75) is 17.2 Å². The lowest BCUT2D eigenvalue weighted by atomic mass is 10.1. The molecule has 0 aliphatic heterocycles. The highest BCUT2D eigenvalue weighted by Crippen LogP contribution is 2.33. The van der Waals surface area contributed by atoms with Crippen molar-refractivity contribution in [2.24, 2.45) is 0 Å². The Kier molecular flexibility index (Phi) is 6.64. The van der Waals surface area contributed by atoms with E-state index in [1.807, 2.05) is 43.3 Å². The zero-order valence-electron chi connectivity index (χ0n) is 21.4. The normalized spacial score (nSPS) is 12.2. The number of aryl methyl sites for hydroxylation is 1. The predicted molar refractivity (Wildman–Crippen MR) is 145 cm³/mol. The quantitative estimate of drug-likeness (QED) is 0.261. The van der Waals surface area contributed by atoms with Crippen molar-refractivity contribution in [2.75, 3.05) is 14.2 Å². The van der Waals surface area contributed by atoms with Crippen molar-refractivity contribution < 1.29 is 17.9 Å². The first-order valence-electron chi connectivity index (χ1n) is 11.8. The predicted octanol–water partition coefficient (Wildman–Crippen LogP) is 4.62. The van der Waals surface area contributed by atoms with Gasteiger partial charge in [-0.3, -0.25) is 0 Å². The summed E-state index contributed by atoms with van der Waals surface area (Å²) in [6.45, 7) is 5.58. The summed E-state index contributed by atoms with van der Waals surface area (Å²) >= 11 is 0. The maximum absolute atomic E-state index is 13.4. The number of fused-ring (bicyclic) bond motifs is 1. The number of hydrogen-bond donors (Lipinski definition) is 0. The van der Waals surface area contributed by atoms with Crippen molar-refractivity contribution in [1.29, 1.82) is 5.26 Å². The maximum Gasteiger partial charge on any atom is 0.205 e. The lowest BCUT2D eigenvalue weighted by molar-refractivity contribution is 0.355. The van der Waals surface area contributed by atoms with Crippen LogP contribution in [0.2, 0.25) is 0 Å². The highest BCUT2D eigenvalue weighted by Gasteiger charge is 2.28. The lowest BCUT2D eigenvalue weighted by Gasteiger charge is -2.14.